The van der Waals surface area contributed by atoms with Gasteiger partial charge in [-0.15, -0.1) is 11.6 Å². The number of rotatable bonds is 4. The molecule has 0 aliphatic heterocycles. The summed E-state index contributed by atoms with van der Waals surface area (Å²) in [6.07, 6.45) is 8.42. The van der Waals surface area contributed by atoms with Gasteiger partial charge in [0.05, 0.1) is 0 Å². The van der Waals surface area contributed by atoms with Gasteiger partial charge in [-0.05, 0) is 25.7 Å². The molecule has 0 heterocycles. The molecule has 1 saturated carbocycles. The highest BCUT2D eigenvalue weighted by atomic mass is 35.5. The summed E-state index contributed by atoms with van der Waals surface area (Å²) in [5.41, 5.74) is 0. The van der Waals surface area contributed by atoms with Gasteiger partial charge in [0.15, 0.2) is 0 Å². The number of carbonyl (C=O) groups is 1. The molecule has 88 valence electrons. The molecular weight excluding hydrogens is 210 g/mol. The van der Waals surface area contributed by atoms with Crippen LogP contribution in [0.2, 0.25) is 0 Å². The van der Waals surface area contributed by atoms with E-state index in [2.05, 4.69) is 5.32 Å². The maximum absolute atomic E-state index is 11.6. The van der Waals surface area contributed by atoms with E-state index >= 15 is 0 Å². The molecule has 1 fully saturated rings. The Morgan fingerprint density at radius 3 is 2.47 bits per heavy atom. The smallest absolute Gasteiger partial charge is 0.220 e. The molecule has 1 N–H and O–H groups in total. The van der Waals surface area contributed by atoms with E-state index < -0.39 is 0 Å². The zero-order valence-electron chi connectivity index (χ0n) is 9.60. The first kappa shape index (κ1) is 12.8. The van der Waals surface area contributed by atoms with Crippen molar-refractivity contribution in [2.75, 3.05) is 5.88 Å². The van der Waals surface area contributed by atoms with Gasteiger partial charge in [0.1, 0.15) is 0 Å². The monoisotopic (exact) mass is 231 g/mol. The molecule has 0 bridgehead atoms. The van der Waals surface area contributed by atoms with E-state index in [1.807, 2.05) is 6.92 Å². The highest BCUT2D eigenvalue weighted by molar-refractivity contribution is 6.18. The first-order chi connectivity index (χ1) is 7.22. The van der Waals surface area contributed by atoms with Gasteiger partial charge in [0, 0.05) is 18.3 Å². The van der Waals surface area contributed by atoms with Crippen LogP contribution in [-0.4, -0.2) is 17.8 Å². The highest BCUT2D eigenvalue weighted by Crippen LogP contribution is 2.25. The Morgan fingerprint density at radius 2 is 1.93 bits per heavy atom. The maximum atomic E-state index is 11.6. The van der Waals surface area contributed by atoms with E-state index in [0.717, 1.165) is 0 Å². The summed E-state index contributed by atoms with van der Waals surface area (Å²) in [5.74, 6) is 1.28. The number of hydrogen-bond acceptors (Lipinski definition) is 1. The number of nitrogens with one attached hydrogen (secondary N) is 1. The summed E-state index contributed by atoms with van der Waals surface area (Å²) in [5, 5.41) is 2.93. The van der Waals surface area contributed by atoms with Crippen molar-refractivity contribution in [3.8, 4) is 0 Å². The number of amides is 1. The van der Waals surface area contributed by atoms with Crippen LogP contribution in [0, 0.1) is 5.92 Å². The van der Waals surface area contributed by atoms with Crippen molar-refractivity contribution in [2.45, 2.75) is 57.9 Å². The topological polar surface area (TPSA) is 29.1 Å². The molecule has 0 aromatic rings. The molecule has 0 spiro atoms. The zero-order valence-corrected chi connectivity index (χ0v) is 10.4. The minimum absolute atomic E-state index is 0.102. The van der Waals surface area contributed by atoms with Gasteiger partial charge < -0.3 is 5.32 Å². The molecule has 15 heavy (non-hydrogen) atoms. The number of halogens is 1. The quantitative estimate of drug-likeness (QED) is 0.585. The van der Waals surface area contributed by atoms with Gasteiger partial charge in [0.25, 0.3) is 0 Å². The lowest BCUT2D eigenvalue weighted by atomic mass is 9.96. The average molecular weight is 232 g/mol. The van der Waals surface area contributed by atoms with E-state index in [9.17, 15) is 4.79 Å². The summed E-state index contributed by atoms with van der Waals surface area (Å²) >= 11 is 5.65. The van der Waals surface area contributed by atoms with E-state index in [0.29, 0.717) is 18.2 Å². The first-order valence-electron chi connectivity index (χ1n) is 6.07. The normalized spacial score (nSPS) is 20.7. The van der Waals surface area contributed by atoms with Gasteiger partial charge in [-0.2, -0.15) is 0 Å². The van der Waals surface area contributed by atoms with Gasteiger partial charge >= 0.3 is 0 Å². The van der Waals surface area contributed by atoms with Crippen LogP contribution in [0.3, 0.4) is 0 Å². The molecule has 0 aromatic carbocycles. The van der Waals surface area contributed by atoms with Crippen molar-refractivity contribution in [1.82, 2.24) is 5.32 Å². The molecule has 2 nitrogen and oxygen atoms in total. The van der Waals surface area contributed by atoms with Crippen LogP contribution in [0.25, 0.3) is 0 Å². The van der Waals surface area contributed by atoms with Crippen molar-refractivity contribution in [2.24, 2.45) is 5.92 Å². The Hall–Kier alpha value is -0.240. The SMILES string of the molecule is CC(CCl)NC(=O)CC1CCCCCC1. The first-order valence-corrected chi connectivity index (χ1v) is 6.61. The summed E-state index contributed by atoms with van der Waals surface area (Å²) in [4.78, 5) is 11.6. The number of alkyl halides is 1. The summed E-state index contributed by atoms with van der Waals surface area (Å²) in [6.45, 7) is 1.94. The van der Waals surface area contributed by atoms with Crippen LogP contribution in [0.5, 0.6) is 0 Å². The molecule has 1 amide bonds. The van der Waals surface area contributed by atoms with Crippen LogP contribution >= 0.6 is 11.6 Å². The second-order valence-electron chi connectivity index (χ2n) is 4.68. The van der Waals surface area contributed by atoms with Gasteiger partial charge in [-0.25, -0.2) is 0 Å². The Balaban J connectivity index is 2.23. The molecule has 1 unspecified atom stereocenters. The third-order valence-corrected chi connectivity index (χ3v) is 3.55. The fourth-order valence-corrected chi connectivity index (χ4v) is 2.28. The Kier molecular flexibility index (Phi) is 6.07. The minimum Gasteiger partial charge on any atom is -0.352 e. The van der Waals surface area contributed by atoms with E-state index in [1.165, 1.54) is 38.5 Å². The van der Waals surface area contributed by atoms with Crippen LogP contribution < -0.4 is 5.32 Å². The Labute approximate surface area is 97.8 Å². The predicted molar refractivity (Wildman–Crippen MR) is 64.1 cm³/mol. The lowest BCUT2D eigenvalue weighted by molar-refractivity contribution is -0.122. The second-order valence-corrected chi connectivity index (χ2v) is 4.99. The molecule has 1 aliphatic rings. The highest BCUT2D eigenvalue weighted by Gasteiger charge is 2.16. The molecule has 0 aromatic heterocycles. The molecule has 1 atom stereocenters. The lowest BCUT2D eigenvalue weighted by Gasteiger charge is -2.15. The van der Waals surface area contributed by atoms with Crippen molar-refractivity contribution in [3.63, 3.8) is 0 Å². The van der Waals surface area contributed by atoms with Crippen LogP contribution in [0.1, 0.15) is 51.9 Å². The average Bonchev–Trinajstić information content (AvgIpc) is 2.46. The minimum atomic E-state index is 0.102. The summed E-state index contributed by atoms with van der Waals surface area (Å²) in [6, 6.07) is 0.102. The molecule has 0 saturated heterocycles. The van der Waals surface area contributed by atoms with E-state index in [4.69, 9.17) is 11.6 Å². The third-order valence-electron chi connectivity index (χ3n) is 3.09. The van der Waals surface area contributed by atoms with Gasteiger partial charge in [-0.1, -0.05) is 25.7 Å². The largest absolute Gasteiger partial charge is 0.352 e. The molecular formula is C12H22ClNO. The van der Waals surface area contributed by atoms with Crippen LogP contribution in [0.4, 0.5) is 0 Å². The number of carbonyl (C=O) groups excluding carboxylic acids is 1. The van der Waals surface area contributed by atoms with Gasteiger partial charge in [0.2, 0.25) is 5.91 Å². The fourth-order valence-electron chi connectivity index (χ4n) is 2.20. The second kappa shape index (κ2) is 7.10. The molecule has 1 aliphatic carbocycles. The Morgan fingerprint density at radius 1 is 1.33 bits per heavy atom. The van der Waals surface area contributed by atoms with Crippen molar-refractivity contribution < 1.29 is 4.79 Å². The van der Waals surface area contributed by atoms with E-state index in [1.54, 1.807) is 0 Å². The summed E-state index contributed by atoms with van der Waals surface area (Å²) in [7, 11) is 0. The molecule has 0 radical (unpaired) electrons. The van der Waals surface area contributed by atoms with Crippen molar-refractivity contribution >= 4 is 17.5 Å². The maximum Gasteiger partial charge on any atom is 0.220 e. The standard InChI is InChI=1S/C12H22ClNO/c1-10(9-13)14-12(15)8-11-6-4-2-3-5-7-11/h10-11H,2-9H2,1H3,(H,14,15). The lowest BCUT2D eigenvalue weighted by Crippen LogP contribution is -2.34. The van der Waals surface area contributed by atoms with Gasteiger partial charge in [-0.3, -0.25) is 4.79 Å². The van der Waals surface area contributed by atoms with Crippen LogP contribution in [0.15, 0.2) is 0 Å². The molecule has 1 rings (SSSR count). The fraction of sp³-hybridized carbons (Fsp3) is 0.917. The predicted octanol–water partition coefficient (Wildman–Crippen LogP) is 3.09. The Bertz CT molecular complexity index is 188. The van der Waals surface area contributed by atoms with E-state index in [-0.39, 0.29) is 11.9 Å². The van der Waals surface area contributed by atoms with Crippen LogP contribution in [-0.2, 0) is 4.79 Å². The van der Waals surface area contributed by atoms with Crippen molar-refractivity contribution in [1.29, 1.82) is 0 Å². The number of hydrogen-bond donors (Lipinski definition) is 1. The summed E-state index contributed by atoms with van der Waals surface area (Å²) < 4.78 is 0. The van der Waals surface area contributed by atoms with Crippen molar-refractivity contribution in [3.05, 3.63) is 0 Å². The third kappa shape index (κ3) is 5.41. The zero-order chi connectivity index (χ0) is 11.1. The molecule has 3 heteroatoms.